The Kier molecular flexibility index (Phi) is 6.72. The average Bonchev–Trinajstić information content (AvgIpc) is 3.57. The normalized spacial score (nSPS) is 25.8. The molecule has 5 heteroatoms. The van der Waals surface area contributed by atoms with E-state index < -0.39 is 0 Å². The summed E-state index contributed by atoms with van der Waals surface area (Å²) in [7, 11) is 2.14. The third kappa shape index (κ3) is 4.89. The molecule has 3 atom stereocenters. The van der Waals surface area contributed by atoms with Crippen LogP contribution in [0.15, 0.2) is 72.9 Å². The number of amides is 1. The first-order chi connectivity index (χ1) is 18.1. The fourth-order valence-electron chi connectivity index (χ4n) is 7.03. The number of piperidine rings is 1. The Morgan fingerprint density at radius 2 is 1.70 bits per heavy atom. The largest absolute Gasteiger partial charge is 0.487 e. The first-order valence-electron chi connectivity index (χ1n) is 13.8. The van der Waals surface area contributed by atoms with Gasteiger partial charge in [-0.1, -0.05) is 36.8 Å². The number of benzene rings is 2. The first-order valence-corrected chi connectivity index (χ1v) is 13.8. The Labute approximate surface area is 220 Å². The summed E-state index contributed by atoms with van der Waals surface area (Å²) in [5, 5.41) is 3.26. The predicted molar refractivity (Wildman–Crippen MR) is 146 cm³/mol. The number of carbonyl (C=O) groups is 1. The van der Waals surface area contributed by atoms with Crippen LogP contribution in [-0.2, 0) is 12.0 Å². The maximum absolute atomic E-state index is 13.0. The third-order valence-electron chi connectivity index (χ3n) is 9.05. The second-order valence-electron chi connectivity index (χ2n) is 11.3. The van der Waals surface area contributed by atoms with Crippen LogP contribution in [0.1, 0.15) is 65.7 Å². The van der Waals surface area contributed by atoms with Crippen LogP contribution >= 0.6 is 0 Å². The van der Waals surface area contributed by atoms with E-state index in [0.29, 0.717) is 12.5 Å². The molecule has 1 amide bonds. The van der Waals surface area contributed by atoms with E-state index in [-0.39, 0.29) is 17.4 Å². The predicted octanol–water partition coefficient (Wildman–Crippen LogP) is 5.59. The summed E-state index contributed by atoms with van der Waals surface area (Å²) in [4.78, 5) is 19.6. The van der Waals surface area contributed by atoms with Crippen LogP contribution < -0.4 is 10.1 Å². The summed E-state index contributed by atoms with van der Waals surface area (Å²) in [6, 6.07) is 23.4. The van der Waals surface area contributed by atoms with Gasteiger partial charge in [0.1, 0.15) is 12.4 Å². The van der Waals surface area contributed by atoms with Gasteiger partial charge in [0, 0.05) is 23.2 Å². The summed E-state index contributed by atoms with van der Waals surface area (Å²) >= 11 is 0. The van der Waals surface area contributed by atoms with Gasteiger partial charge in [-0.3, -0.25) is 9.78 Å². The molecule has 3 aliphatic rings. The smallest absolute Gasteiger partial charge is 0.251 e. The van der Waals surface area contributed by atoms with Crippen molar-refractivity contribution in [1.82, 2.24) is 15.2 Å². The quantitative estimate of drug-likeness (QED) is 0.464. The number of pyridine rings is 1. The number of aromatic nitrogens is 1. The fourth-order valence-corrected chi connectivity index (χ4v) is 7.03. The minimum absolute atomic E-state index is 0.0192. The maximum Gasteiger partial charge on any atom is 0.251 e. The zero-order chi connectivity index (χ0) is 25.2. The van der Waals surface area contributed by atoms with Crippen molar-refractivity contribution in [3.8, 4) is 5.75 Å². The van der Waals surface area contributed by atoms with Crippen LogP contribution in [0.2, 0.25) is 0 Å². The molecule has 3 fully saturated rings. The molecule has 0 radical (unpaired) electrons. The van der Waals surface area contributed by atoms with Gasteiger partial charge in [0.25, 0.3) is 5.91 Å². The van der Waals surface area contributed by atoms with Gasteiger partial charge in [-0.15, -0.1) is 0 Å². The summed E-state index contributed by atoms with van der Waals surface area (Å²) in [6.07, 6.45) is 8.95. The van der Waals surface area contributed by atoms with Crippen molar-refractivity contribution in [2.45, 2.75) is 56.6 Å². The van der Waals surface area contributed by atoms with Crippen LogP contribution in [0, 0.1) is 11.8 Å². The summed E-state index contributed by atoms with van der Waals surface area (Å²) in [5.74, 6) is 2.36. The topological polar surface area (TPSA) is 54.5 Å². The first kappa shape index (κ1) is 24.2. The number of fused-ring (bicyclic) bond motifs is 2. The second kappa shape index (κ2) is 10.3. The highest BCUT2D eigenvalue weighted by molar-refractivity contribution is 5.94. The van der Waals surface area contributed by atoms with Crippen molar-refractivity contribution in [1.29, 1.82) is 0 Å². The molecule has 2 saturated carbocycles. The third-order valence-corrected chi connectivity index (χ3v) is 9.05. The van der Waals surface area contributed by atoms with Gasteiger partial charge in [0.15, 0.2) is 0 Å². The molecule has 2 heterocycles. The van der Waals surface area contributed by atoms with Crippen molar-refractivity contribution in [2.24, 2.45) is 11.8 Å². The van der Waals surface area contributed by atoms with Gasteiger partial charge in [-0.25, -0.2) is 0 Å². The van der Waals surface area contributed by atoms with Crippen LogP contribution in [0.25, 0.3) is 0 Å². The number of rotatable bonds is 7. The van der Waals surface area contributed by atoms with Gasteiger partial charge in [0.2, 0.25) is 0 Å². The highest BCUT2D eigenvalue weighted by atomic mass is 16.5. The molecule has 2 bridgehead atoms. The maximum atomic E-state index is 13.0. The van der Waals surface area contributed by atoms with Crippen LogP contribution in [0.3, 0.4) is 0 Å². The minimum Gasteiger partial charge on any atom is -0.487 e. The van der Waals surface area contributed by atoms with Gasteiger partial charge < -0.3 is 15.0 Å². The van der Waals surface area contributed by atoms with Gasteiger partial charge in [-0.05, 0) is 112 Å². The number of hydrogen-bond acceptors (Lipinski definition) is 4. The Hall–Kier alpha value is -3.18. The molecule has 0 spiro atoms. The molecule has 5 nitrogen and oxygen atoms in total. The summed E-state index contributed by atoms with van der Waals surface area (Å²) < 4.78 is 6.01. The molecule has 1 aliphatic heterocycles. The van der Waals surface area contributed by atoms with Crippen molar-refractivity contribution < 1.29 is 9.53 Å². The van der Waals surface area contributed by atoms with E-state index in [1.54, 1.807) is 6.20 Å². The van der Waals surface area contributed by atoms with E-state index in [2.05, 4.69) is 58.6 Å². The standard InChI is InChI=1S/C32H37N3O2/c1-35-18-15-28(16-19-35)34-31(36)24-6-9-25(10-7-24)32(21-23-5-8-27(32)20-23)26-11-13-30(14-12-26)37-22-29-4-2-3-17-33-29/h2-4,6-7,9-14,17,23,27-28H,5,8,15-16,18-22H2,1H3,(H,34,36)/t23?,27-,32+/m1/s1. The molecular weight excluding hydrogens is 458 g/mol. The van der Waals surface area contributed by atoms with E-state index in [4.69, 9.17) is 4.74 Å². The molecule has 1 unspecified atom stereocenters. The van der Waals surface area contributed by atoms with Gasteiger partial charge in [0.05, 0.1) is 5.69 Å². The number of hydrogen-bond donors (Lipinski definition) is 1. The Morgan fingerprint density at radius 3 is 2.32 bits per heavy atom. The SMILES string of the molecule is CN1CCC(NC(=O)c2ccc([C@]3(c4ccc(OCc5ccccn5)cc4)CC4CC[C@@H]3C4)cc2)CC1. The monoisotopic (exact) mass is 495 g/mol. The number of carbonyl (C=O) groups excluding carboxylic acids is 1. The average molecular weight is 496 g/mol. The Morgan fingerprint density at radius 1 is 0.973 bits per heavy atom. The molecule has 6 rings (SSSR count). The number of likely N-dealkylation sites (tertiary alicyclic amines) is 1. The molecule has 1 saturated heterocycles. The van der Waals surface area contributed by atoms with E-state index in [1.807, 2.05) is 30.3 Å². The van der Waals surface area contributed by atoms with E-state index in [0.717, 1.165) is 48.9 Å². The van der Waals surface area contributed by atoms with Crippen molar-refractivity contribution in [3.05, 3.63) is 95.3 Å². The van der Waals surface area contributed by atoms with Crippen molar-refractivity contribution in [3.63, 3.8) is 0 Å². The molecular formula is C32H37N3O2. The van der Waals surface area contributed by atoms with Crippen molar-refractivity contribution >= 4 is 5.91 Å². The number of ether oxygens (including phenoxy) is 1. The molecule has 1 aromatic heterocycles. The molecule has 37 heavy (non-hydrogen) atoms. The van der Waals surface area contributed by atoms with E-state index in [9.17, 15) is 4.79 Å². The summed E-state index contributed by atoms with van der Waals surface area (Å²) in [5.41, 5.74) is 4.42. The lowest BCUT2D eigenvalue weighted by atomic mass is 9.64. The van der Waals surface area contributed by atoms with Gasteiger partial charge in [-0.2, -0.15) is 0 Å². The zero-order valence-electron chi connectivity index (χ0n) is 21.7. The molecule has 3 aromatic rings. The minimum atomic E-state index is 0.0192. The zero-order valence-corrected chi connectivity index (χ0v) is 21.7. The lowest BCUT2D eigenvalue weighted by molar-refractivity contribution is 0.0917. The lowest BCUT2D eigenvalue weighted by Crippen LogP contribution is -2.43. The molecule has 1 N–H and O–H groups in total. The Bertz CT molecular complexity index is 1200. The fraction of sp³-hybridized carbons (Fsp3) is 0.438. The highest BCUT2D eigenvalue weighted by Gasteiger charge is 2.52. The number of nitrogens with zero attached hydrogens (tertiary/aromatic N) is 2. The molecule has 192 valence electrons. The van der Waals surface area contributed by atoms with E-state index in [1.165, 1.54) is 36.8 Å². The second-order valence-corrected chi connectivity index (χ2v) is 11.3. The molecule has 2 aliphatic carbocycles. The van der Waals surface area contributed by atoms with E-state index >= 15 is 0 Å². The Balaban J connectivity index is 1.20. The number of nitrogens with one attached hydrogen (secondary N) is 1. The van der Waals surface area contributed by atoms with Crippen LogP contribution in [-0.4, -0.2) is 42.0 Å². The lowest BCUT2D eigenvalue weighted by Gasteiger charge is -2.39. The van der Waals surface area contributed by atoms with Crippen LogP contribution in [0.4, 0.5) is 0 Å². The van der Waals surface area contributed by atoms with Gasteiger partial charge >= 0.3 is 0 Å². The molecule has 2 aromatic carbocycles. The van der Waals surface area contributed by atoms with Crippen LogP contribution in [0.5, 0.6) is 5.75 Å². The van der Waals surface area contributed by atoms with Crippen molar-refractivity contribution in [2.75, 3.05) is 20.1 Å². The highest BCUT2D eigenvalue weighted by Crippen LogP contribution is 2.60. The summed E-state index contributed by atoms with van der Waals surface area (Å²) in [6.45, 7) is 2.56.